The number of nitrogen functional groups attached to an aromatic ring is 1. The van der Waals surface area contributed by atoms with Crippen LogP contribution in [0.5, 0.6) is 0 Å². The maximum atomic E-state index is 13.0. The van der Waals surface area contributed by atoms with E-state index in [9.17, 15) is 9.18 Å². The molecule has 0 saturated carbocycles. The Morgan fingerprint density at radius 1 is 1.44 bits per heavy atom. The fourth-order valence-corrected chi connectivity index (χ4v) is 1.26. The molecule has 0 fully saturated rings. The summed E-state index contributed by atoms with van der Waals surface area (Å²) in [6.45, 7) is 5.18. The van der Waals surface area contributed by atoms with Crippen molar-refractivity contribution >= 4 is 17.6 Å². The molecule has 0 heterocycles. The molecule has 6 heteroatoms. The van der Waals surface area contributed by atoms with Gasteiger partial charge in [0.25, 0.3) is 0 Å². The van der Waals surface area contributed by atoms with Crippen molar-refractivity contribution in [1.82, 2.24) is 0 Å². The Kier molecular flexibility index (Phi) is 3.90. The van der Waals surface area contributed by atoms with Gasteiger partial charge in [-0.2, -0.15) is 0 Å². The number of nitrogens with two attached hydrogens (primary N) is 1. The molecule has 1 rings (SSSR count). The van der Waals surface area contributed by atoms with Crippen LogP contribution in [0.2, 0.25) is 0 Å². The van der Waals surface area contributed by atoms with Gasteiger partial charge in [0.2, 0.25) is 0 Å². The summed E-state index contributed by atoms with van der Waals surface area (Å²) in [7, 11) is 0. The van der Waals surface area contributed by atoms with E-state index in [1.807, 2.05) is 0 Å². The summed E-state index contributed by atoms with van der Waals surface area (Å²) >= 11 is 0. The largest absolute Gasteiger partial charge is 0.444 e. The molecule has 0 bridgehead atoms. The van der Waals surface area contributed by atoms with E-state index < -0.39 is 17.5 Å². The lowest BCUT2D eigenvalue weighted by atomic mass is 10.1. The number of nitrogens with one attached hydrogen (secondary N) is 2. The molecule has 0 spiro atoms. The summed E-state index contributed by atoms with van der Waals surface area (Å²) in [4.78, 5) is 11.5. The Hall–Kier alpha value is -2.11. The van der Waals surface area contributed by atoms with Crippen LogP contribution in [0.4, 0.5) is 14.9 Å². The average molecular weight is 253 g/mol. The van der Waals surface area contributed by atoms with Crippen molar-refractivity contribution in [3.63, 3.8) is 0 Å². The van der Waals surface area contributed by atoms with Gasteiger partial charge in [0.1, 0.15) is 17.3 Å². The highest BCUT2D eigenvalue weighted by molar-refractivity contribution is 6.03. The minimum absolute atomic E-state index is 0.112. The van der Waals surface area contributed by atoms with E-state index in [1.165, 1.54) is 12.1 Å². The Bertz CT molecular complexity index is 481. The number of hydrogen-bond acceptors (Lipinski definition) is 3. The van der Waals surface area contributed by atoms with E-state index in [1.54, 1.807) is 20.8 Å². The van der Waals surface area contributed by atoms with Crippen LogP contribution in [0.1, 0.15) is 26.3 Å². The summed E-state index contributed by atoms with van der Waals surface area (Å²) in [5.74, 6) is -0.865. The molecule has 0 radical (unpaired) electrons. The van der Waals surface area contributed by atoms with Crippen molar-refractivity contribution in [3.8, 4) is 0 Å². The molecule has 0 aliphatic heterocycles. The van der Waals surface area contributed by atoms with Crippen LogP contribution >= 0.6 is 0 Å². The van der Waals surface area contributed by atoms with Gasteiger partial charge in [0.05, 0.1) is 5.69 Å². The molecule has 0 unspecified atom stereocenters. The topological polar surface area (TPSA) is 88.2 Å². The predicted octanol–water partition coefficient (Wildman–Crippen LogP) is 2.46. The fourth-order valence-electron chi connectivity index (χ4n) is 1.26. The van der Waals surface area contributed by atoms with Crippen LogP contribution in [-0.2, 0) is 4.74 Å². The van der Waals surface area contributed by atoms with E-state index in [4.69, 9.17) is 15.9 Å². The number of carbonyl (C=O) groups excluding carboxylic acids is 1. The lowest BCUT2D eigenvalue weighted by Gasteiger charge is -2.20. The zero-order valence-electron chi connectivity index (χ0n) is 10.5. The van der Waals surface area contributed by atoms with E-state index >= 15 is 0 Å². The second kappa shape index (κ2) is 5.03. The lowest BCUT2D eigenvalue weighted by molar-refractivity contribution is 0.0636. The number of carbonyl (C=O) groups is 1. The SMILES string of the molecule is CC(C)(C)OC(=O)Nc1ccc(F)cc1C(=N)N. The average Bonchev–Trinajstić information content (AvgIpc) is 2.17. The van der Waals surface area contributed by atoms with Gasteiger partial charge in [-0.05, 0) is 39.0 Å². The zero-order chi connectivity index (χ0) is 13.9. The van der Waals surface area contributed by atoms with Crippen molar-refractivity contribution in [2.24, 2.45) is 5.73 Å². The van der Waals surface area contributed by atoms with E-state index in [0.29, 0.717) is 0 Å². The highest BCUT2D eigenvalue weighted by atomic mass is 19.1. The van der Waals surface area contributed by atoms with Crippen LogP contribution in [-0.4, -0.2) is 17.5 Å². The Balaban J connectivity index is 2.91. The van der Waals surface area contributed by atoms with Gasteiger partial charge < -0.3 is 10.5 Å². The summed E-state index contributed by atoms with van der Waals surface area (Å²) in [6.07, 6.45) is -0.684. The minimum Gasteiger partial charge on any atom is -0.444 e. The molecule has 1 aromatic rings. The quantitative estimate of drug-likeness (QED) is 0.558. The Morgan fingerprint density at radius 3 is 2.56 bits per heavy atom. The summed E-state index contributed by atoms with van der Waals surface area (Å²) in [5.41, 5.74) is 5.02. The van der Waals surface area contributed by atoms with E-state index in [-0.39, 0.29) is 17.1 Å². The molecule has 18 heavy (non-hydrogen) atoms. The van der Waals surface area contributed by atoms with Crippen molar-refractivity contribution < 1.29 is 13.9 Å². The van der Waals surface area contributed by atoms with Crippen molar-refractivity contribution in [3.05, 3.63) is 29.6 Å². The molecule has 4 N–H and O–H groups in total. The second-order valence-corrected chi connectivity index (χ2v) is 4.73. The maximum Gasteiger partial charge on any atom is 0.412 e. The highest BCUT2D eigenvalue weighted by Crippen LogP contribution is 2.18. The highest BCUT2D eigenvalue weighted by Gasteiger charge is 2.17. The standard InChI is InChI=1S/C12H16FN3O2/c1-12(2,3)18-11(17)16-9-5-4-7(13)6-8(9)10(14)15/h4-6H,1-3H3,(H3,14,15)(H,16,17). The molecule has 0 saturated heterocycles. The lowest BCUT2D eigenvalue weighted by Crippen LogP contribution is -2.28. The summed E-state index contributed by atoms with van der Waals surface area (Å²) < 4.78 is 18.1. The van der Waals surface area contributed by atoms with Crippen molar-refractivity contribution in [1.29, 1.82) is 5.41 Å². The van der Waals surface area contributed by atoms with Gasteiger partial charge in [0, 0.05) is 5.56 Å². The van der Waals surface area contributed by atoms with Gasteiger partial charge in [-0.3, -0.25) is 10.7 Å². The molecule has 98 valence electrons. The third kappa shape index (κ3) is 4.04. The van der Waals surface area contributed by atoms with Crippen LogP contribution in [0.25, 0.3) is 0 Å². The van der Waals surface area contributed by atoms with Gasteiger partial charge in [-0.1, -0.05) is 0 Å². The second-order valence-electron chi connectivity index (χ2n) is 4.73. The number of ether oxygens (including phenoxy) is 1. The molecule has 5 nitrogen and oxygen atoms in total. The normalized spacial score (nSPS) is 10.9. The van der Waals surface area contributed by atoms with Gasteiger partial charge in [-0.15, -0.1) is 0 Å². The van der Waals surface area contributed by atoms with Crippen molar-refractivity contribution in [2.75, 3.05) is 5.32 Å². The maximum absolute atomic E-state index is 13.0. The predicted molar refractivity (Wildman–Crippen MR) is 67.3 cm³/mol. The molecule has 0 aliphatic carbocycles. The monoisotopic (exact) mass is 253 g/mol. The summed E-state index contributed by atoms with van der Waals surface area (Å²) in [6, 6.07) is 3.57. The molecule has 1 amide bonds. The molecular formula is C12H16FN3O2. The number of benzene rings is 1. The third-order valence-corrected chi connectivity index (χ3v) is 1.91. The van der Waals surface area contributed by atoms with E-state index in [2.05, 4.69) is 5.32 Å². The number of hydrogen-bond donors (Lipinski definition) is 3. The van der Waals surface area contributed by atoms with Crippen LogP contribution in [0, 0.1) is 11.2 Å². The molecule has 0 aromatic heterocycles. The Labute approximate surface area is 105 Å². The minimum atomic E-state index is -0.684. The summed E-state index contributed by atoms with van der Waals surface area (Å²) in [5, 5.41) is 9.74. The molecule has 1 aromatic carbocycles. The van der Waals surface area contributed by atoms with Crippen molar-refractivity contribution in [2.45, 2.75) is 26.4 Å². The number of amides is 1. The molecular weight excluding hydrogens is 237 g/mol. The number of amidine groups is 1. The first-order valence-corrected chi connectivity index (χ1v) is 5.33. The van der Waals surface area contributed by atoms with E-state index in [0.717, 1.165) is 6.07 Å². The first-order chi connectivity index (χ1) is 8.19. The number of anilines is 1. The van der Waals surface area contributed by atoms with Gasteiger partial charge in [-0.25, -0.2) is 9.18 Å². The number of halogens is 1. The fraction of sp³-hybridized carbons (Fsp3) is 0.333. The van der Waals surface area contributed by atoms with Crippen LogP contribution in [0.15, 0.2) is 18.2 Å². The Morgan fingerprint density at radius 2 is 2.06 bits per heavy atom. The van der Waals surface area contributed by atoms with Gasteiger partial charge in [0.15, 0.2) is 0 Å². The zero-order valence-corrected chi connectivity index (χ0v) is 10.5. The van der Waals surface area contributed by atoms with Crippen LogP contribution in [0.3, 0.4) is 0 Å². The third-order valence-electron chi connectivity index (χ3n) is 1.91. The smallest absolute Gasteiger partial charge is 0.412 e. The first-order valence-electron chi connectivity index (χ1n) is 5.33. The molecule has 0 aliphatic rings. The number of rotatable bonds is 2. The van der Waals surface area contributed by atoms with Gasteiger partial charge >= 0.3 is 6.09 Å². The van der Waals surface area contributed by atoms with Crippen LogP contribution < -0.4 is 11.1 Å². The first kappa shape index (κ1) is 14.0. The molecule has 0 atom stereocenters.